The van der Waals surface area contributed by atoms with Crippen molar-refractivity contribution in [2.45, 2.75) is 12.8 Å². The maximum atomic E-state index is 11.1. The van der Waals surface area contributed by atoms with Gasteiger partial charge in [0.2, 0.25) is 5.91 Å². The Bertz CT molecular complexity index is 157. The van der Waals surface area contributed by atoms with Crippen molar-refractivity contribution in [3.8, 4) is 0 Å². The SMILES string of the molecule is C=C(CCCN)C(=O)N(C)C.Cl. The number of amides is 1. The van der Waals surface area contributed by atoms with E-state index in [4.69, 9.17) is 5.73 Å². The van der Waals surface area contributed by atoms with Crippen molar-refractivity contribution >= 4 is 18.3 Å². The van der Waals surface area contributed by atoms with Gasteiger partial charge in [0, 0.05) is 19.7 Å². The van der Waals surface area contributed by atoms with E-state index in [2.05, 4.69) is 6.58 Å². The van der Waals surface area contributed by atoms with Crippen LogP contribution >= 0.6 is 12.4 Å². The number of hydrogen-bond donors (Lipinski definition) is 1. The van der Waals surface area contributed by atoms with Gasteiger partial charge in [0.15, 0.2) is 0 Å². The maximum Gasteiger partial charge on any atom is 0.248 e. The molecule has 0 fully saturated rings. The number of nitrogens with zero attached hydrogens (tertiary/aromatic N) is 1. The van der Waals surface area contributed by atoms with Crippen LogP contribution in [-0.2, 0) is 4.79 Å². The minimum absolute atomic E-state index is 0. The Kier molecular flexibility index (Phi) is 8.32. The second kappa shape index (κ2) is 7.13. The standard InChI is InChI=1S/C8H16N2O.ClH/c1-7(5-4-6-9)8(11)10(2)3;/h1,4-6,9H2,2-3H3;1H. The molecule has 12 heavy (non-hydrogen) atoms. The first kappa shape index (κ1) is 14.0. The predicted octanol–water partition coefficient (Wildman–Crippen LogP) is 0.792. The lowest BCUT2D eigenvalue weighted by molar-refractivity contribution is -0.124. The Morgan fingerprint density at radius 1 is 1.50 bits per heavy atom. The first-order valence-corrected chi connectivity index (χ1v) is 3.69. The van der Waals surface area contributed by atoms with Crippen LogP contribution in [0.1, 0.15) is 12.8 Å². The van der Waals surface area contributed by atoms with Crippen LogP contribution in [-0.4, -0.2) is 31.4 Å². The zero-order valence-electron chi connectivity index (χ0n) is 7.67. The Balaban J connectivity index is 0. The topological polar surface area (TPSA) is 46.3 Å². The van der Waals surface area contributed by atoms with Crippen LogP contribution < -0.4 is 5.73 Å². The fourth-order valence-corrected chi connectivity index (χ4v) is 0.739. The number of carbonyl (C=O) groups is 1. The molecule has 0 aliphatic rings. The first-order valence-electron chi connectivity index (χ1n) is 3.69. The average Bonchev–Trinajstić information content (AvgIpc) is 1.98. The fraction of sp³-hybridized carbons (Fsp3) is 0.625. The number of halogens is 1. The molecule has 0 heterocycles. The lowest BCUT2D eigenvalue weighted by Gasteiger charge is -2.11. The quantitative estimate of drug-likeness (QED) is 0.670. The molecule has 72 valence electrons. The first-order chi connectivity index (χ1) is 5.09. The summed E-state index contributed by atoms with van der Waals surface area (Å²) in [7, 11) is 3.44. The summed E-state index contributed by atoms with van der Waals surface area (Å²) in [5.41, 5.74) is 5.93. The van der Waals surface area contributed by atoms with E-state index in [0.29, 0.717) is 18.5 Å². The lowest BCUT2D eigenvalue weighted by Crippen LogP contribution is -2.23. The molecule has 0 saturated carbocycles. The molecule has 0 rings (SSSR count). The van der Waals surface area contributed by atoms with Crippen LogP contribution in [0.15, 0.2) is 12.2 Å². The fourth-order valence-electron chi connectivity index (χ4n) is 0.739. The van der Waals surface area contributed by atoms with Gasteiger partial charge < -0.3 is 10.6 Å². The van der Waals surface area contributed by atoms with E-state index >= 15 is 0 Å². The third-order valence-electron chi connectivity index (χ3n) is 1.39. The van der Waals surface area contributed by atoms with Gasteiger partial charge >= 0.3 is 0 Å². The van der Waals surface area contributed by atoms with Crippen molar-refractivity contribution in [2.24, 2.45) is 5.73 Å². The molecule has 0 atom stereocenters. The van der Waals surface area contributed by atoms with Gasteiger partial charge in [0.25, 0.3) is 0 Å². The van der Waals surface area contributed by atoms with E-state index in [1.54, 1.807) is 14.1 Å². The molecule has 0 saturated heterocycles. The molecule has 0 radical (unpaired) electrons. The summed E-state index contributed by atoms with van der Waals surface area (Å²) in [4.78, 5) is 12.7. The van der Waals surface area contributed by atoms with Gasteiger partial charge in [0.1, 0.15) is 0 Å². The minimum atomic E-state index is -0.00144. The molecule has 3 nitrogen and oxygen atoms in total. The van der Waals surface area contributed by atoms with Gasteiger partial charge in [-0.15, -0.1) is 12.4 Å². The lowest BCUT2D eigenvalue weighted by atomic mass is 10.1. The van der Waals surface area contributed by atoms with Crippen molar-refractivity contribution in [3.63, 3.8) is 0 Å². The smallest absolute Gasteiger partial charge is 0.248 e. The Morgan fingerprint density at radius 2 is 2.00 bits per heavy atom. The number of nitrogens with two attached hydrogens (primary N) is 1. The monoisotopic (exact) mass is 192 g/mol. The summed E-state index contributed by atoms with van der Waals surface area (Å²) in [5, 5.41) is 0. The third kappa shape index (κ3) is 5.16. The highest BCUT2D eigenvalue weighted by Gasteiger charge is 2.07. The number of likely N-dealkylation sites (N-methyl/N-ethyl adjacent to an activating group) is 1. The zero-order chi connectivity index (χ0) is 8.85. The maximum absolute atomic E-state index is 11.1. The highest BCUT2D eigenvalue weighted by Crippen LogP contribution is 2.03. The van der Waals surface area contributed by atoms with Crippen LogP contribution in [0.25, 0.3) is 0 Å². The summed E-state index contributed by atoms with van der Waals surface area (Å²) < 4.78 is 0. The van der Waals surface area contributed by atoms with Gasteiger partial charge in [-0.3, -0.25) is 4.79 Å². The van der Waals surface area contributed by atoms with E-state index in [9.17, 15) is 4.79 Å². The van der Waals surface area contributed by atoms with Gasteiger partial charge in [-0.05, 0) is 19.4 Å². The molecule has 1 amide bonds. The molecule has 0 aromatic rings. The van der Waals surface area contributed by atoms with E-state index in [1.807, 2.05) is 0 Å². The Hall–Kier alpha value is -0.540. The molecule has 0 bridgehead atoms. The van der Waals surface area contributed by atoms with Crippen LogP contribution in [0.3, 0.4) is 0 Å². The minimum Gasteiger partial charge on any atom is -0.345 e. The highest BCUT2D eigenvalue weighted by molar-refractivity contribution is 5.92. The highest BCUT2D eigenvalue weighted by atomic mass is 35.5. The summed E-state index contributed by atoms with van der Waals surface area (Å²) in [6.07, 6.45) is 1.53. The van der Waals surface area contributed by atoms with Crippen molar-refractivity contribution in [1.82, 2.24) is 4.90 Å². The molecule has 2 N–H and O–H groups in total. The molecule has 0 aliphatic heterocycles. The van der Waals surface area contributed by atoms with Crippen molar-refractivity contribution in [3.05, 3.63) is 12.2 Å². The molecular formula is C8H17ClN2O. The zero-order valence-corrected chi connectivity index (χ0v) is 8.49. The number of carbonyl (C=O) groups excluding carboxylic acids is 1. The average molecular weight is 193 g/mol. The molecule has 0 aromatic heterocycles. The van der Waals surface area contributed by atoms with Crippen LogP contribution in [0.4, 0.5) is 0 Å². The summed E-state index contributed by atoms with van der Waals surface area (Å²) in [6.45, 7) is 4.28. The number of hydrogen-bond acceptors (Lipinski definition) is 2. The van der Waals surface area contributed by atoms with Crippen molar-refractivity contribution < 1.29 is 4.79 Å². The molecule has 0 aliphatic carbocycles. The van der Waals surface area contributed by atoms with Gasteiger partial charge in [-0.2, -0.15) is 0 Å². The summed E-state index contributed by atoms with van der Waals surface area (Å²) >= 11 is 0. The van der Waals surface area contributed by atoms with E-state index in [-0.39, 0.29) is 18.3 Å². The summed E-state index contributed by atoms with van der Waals surface area (Å²) in [6, 6.07) is 0. The molecule has 0 unspecified atom stereocenters. The predicted molar refractivity (Wildman–Crippen MR) is 53.4 cm³/mol. The van der Waals surface area contributed by atoms with Crippen molar-refractivity contribution in [2.75, 3.05) is 20.6 Å². The van der Waals surface area contributed by atoms with E-state index in [1.165, 1.54) is 4.90 Å². The van der Waals surface area contributed by atoms with E-state index in [0.717, 1.165) is 6.42 Å². The molecule has 4 heteroatoms. The van der Waals surface area contributed by atoms with Crippen molar-refractivity contribution in [1.29, 1.82) is 0 Å². The Labute approximate surface area is 80.0 Å². The Morgan fingerprint density at radius 3 is 2.33 bits per heavy atom. The second-order valence-electron chi connectivity index (χ2n) is 2.70. The van der Waals surface area contributed by atoms with Crippen LogP contribution in [0.5, 0.6) is 0 Å². The van der Waals surface area contributed by atoms with E-state index < -0.39 is 0 Å². The molecule has 0 aromatic carbocycles. The largest absolute Gasteiger partial charge is 0.345 e. The number of rotatable bonds is 4. The van der Waals surface area contributed by atoms with Gasteiger partial charge in [-0.25, -0.2) is 0 Å². The van der Waals surface area contributed by atoms with Crippen LogP contribution in [0, 0.1) is 0 Å². The van der Waals surface area contributed by atoms with Gasteiger partial charge in [-0.1, -0.05) is 6.58 Å². The second-order valence-corrected chi connectivity index (χ2v) is 2.70. The molecular weight excluding hydrogens is 176 g/mol. The van der Waals surface area contributed by atoms with Crippen LogP contribution in [0.2, 0.25) is 0 Å². The normalized spacial score (nSPS) is 8.58. The summed E-state index contributed by atoms with van der Waals surface area (Å²) in [5.74, 6) is -0.00144. The van der Waals surface area contributed by atoms with Gasteiger partial charge in [0.05, 0.1) is 0 Å². The third-order valence-corrected chi connectivity index (χ3v) is 1.39. The molecule has 0 spiro atoms.